The van der Waals surface area contributed by atoms with E-state index in [9.17, 15) is 4.79 Å². The van der Waals surface area contributed by atoms with Crippen LogP contribution in [0, 0.1) is 0 Å². The molecule has 0 bridgehead atoms. The summed E-state index contributed by atoms with van der Waals surface area (Å²) in [5.74, 6) is 1.44. The van der Waals surface area contributed by atoms with Gasteiger partial charge >= 0.3 is 0 Å². The number of carbonyl (C=O) groups is 1. The first-order valence-corrected chi connectivity index (χ1v) is 8.99. The van der Waals surface area contributed by atoms with Crippen LogP contribution in [0.4, 0.5) is 5.82 Å². The van der Waals surface area contributed by atoms with Gasteiger partial charge in [-0.2, -0.15) is 5.10 Å². The predicted octanol–water partition coefficient (Wildman–Crippen LogP) is 3.69. The van der Waals surface area contributed by atoms with E-state index in [1.165, 1.54) is 0 Å². The van der Waals surface area contributed by atoms with Gasteiger partial charge in [0.2, 0.25) is 5.91 Å². The summed E-state index contributed by atoms with van der Waals surface area (Å²) in [6.07, 6.45) is 1.69. The van der Waals surface area contributed by atoms with E-state index in [4.69, 9.17) is 4.74 Å². The van der Waals surface area contributed by atoms with Crippen molar-refractivity contribution in [3.8, 4) is 5.75 Å². The highest BCUT2D eigenvalue weighted by molar-refractivity contribution is 9.10. The number of amides is 1. The molecular formula is C18H25BrN4O2. The highest BCUT2D eigenvalue weighted by Crippen LogP contribution is 2.24. The fourth-order valence-electron chi connectivity index (χ4n) is 2.53. The van der Waals surface area contributed by atoms with E-state index < -0.39 is 0 Å². The van der Waals surface area contributed by atoms with Crippen LogP contribution in [-0.2, 0) is 11.3 Å². The van der Waals surface area contributed by atoms with Crippen molar-refractivity contribution in [2.24, 2.45) is 0 Å². The number of likely N-dealkylation sites (N-methyl/N-ethyl adjacent to an activating group) is 1. The average Bonchev–Trinajstić information content (AvgIpc) is 3.02. The molecular weight excluding hydrogens is 384 g/mol. The molecule has 7 heteroatoms. The van der Waals surface area contributed by atoms with Gasteiger partial charge in [0, 0.05) is 28.7 Å². The number of benzene rings is 1. The molecule has 1 aromatic carbocycles. The number of carbonyl (C=O) groups excluding carboxylic acids is 1. The summed E-state index contributed by atoms with van der Waals surface area (Å²) in [6, 6.07) is 7.55. The van der Waals surface area contributed by atoms with Crippen LogP contribution in [0.25, 0.3) is 0 Å². The minimum atomic E-state index is -0.306. The molecule has 6 nitrogen and oxygen atoms in total. The molecule has 0 spiro atoms. The number of nitrogens with one attached hydrogen (secondary N) is 1. The minimum Gasteiger partial charge on any atom is -0.496 e. The number of halogens is 1. The number of aromatic nitrogens is 2. The number of hydrogen-bond donors (Lipinski definition) is 1. The maximum Gasteiger partial charge on any atom is 0.242 e. The number of anilines is 1. The largest absolute Gasteiger partial charge is 0.496 e. The van der Waals surface area contributed by atoms with E-state index in [-0.39, 0.29) is 18.0 Å². The molecule has 1 atom stereocenters. The Morgan fingerprint density at radius 3 is 2.72 bits per heavy atom. The van der Waals surface area contributed by atoms with Crippen LogP contribution in [0.1, 0.15) is 32.4 Å². The van der Waals surface area contributed by atoms with Crippen LogP contribution in [0.15, 0.2) is 34.9 Å². The molecule has 2 rings (SSSR count). The van der Waals surface area contributed by atoms with Gasteiger partial charge in [-0.15, -0.1) is 0 Å². The quantitative estimate of drug-likeness (QED) is 0.758. The molecule has 1 heterocycles. The summed E-state index contributed by atoms with van der Waals surface area (Å²) < 4.78 is 8.18. The van der Waals surface area contributed by atoms with E-state index in [0.717, 1.165) is 15.8 Å². The first-order valence-electron chi connectivity index (χ1n) is 8.20. The second kappa shape index (κ2) is 8.49. The molecule has 1 unspecified atom stereocenters. The third-order valence-electron chi connectivity index (χ3n) is 4.11. The SMILES string of the molecule is COc1ccc(Br)cc1CN(C)C(C)C(=O)Nc1ccnn1C(C)C. The van der Waals surface area contributed by atoms with Gasteiger partial charge in [-0.05, 0) is 46.0 Å². The van der Waals surface area contributed by atoms with Crippen molar-refractivity contribution in [2.45, 2.75) is 39.4 Å². The van der Waals surface area contributed by atoms with Crippen molar-refractivity contribution in [3.63, 3.8) is 0 Å². The zero-order chi connectivity index (χ0) is 18.6. The highest BCUT2D eigenvalue weighted by Gasteiger charge is 2.21. The fourth-order valence-corrected chi connectivity index (χ4v) is 2.94. The Bertz CT molecular complexity index is 730. The second-order valence-electron chi connectivity index (χ2n) is 6.29. The van der Waals surface area contributed by atoms with Crippen molar-refractivity contribution in [1.82, 2.24) is 14.7 Å². The van der Waals surface area contributed by atoms with Gasteiger partial charge in [-0.1, -0.05) is 15.9 Å². The summed E-state index contributed by atoms with van der Waals surface area (Å²) in [7, 11) is 3.57. The molecule has 136 valence electrons. The maximum atomic E-state index is 12.6. The van der Waals surface area contributed by atoms with Crippen LogP contribution < -0.4 is 10.1 Å². The summed E-state index contributed by atoms with van der Waals surface area (Å²) in [5, 5.41) is 7.20. The Morgan fingerprint density at radius 1 is 1.36 bits per heavy atom. The zero-order valence-corrected chi connectivity index (χ0v) is 16.9. The van der Waals surface area contributed by atoms with Crippen LogP contribution in [0.3, 0.4) is 0 Å². The second-order valence-corrected chi connectivity index (χ2v) is 7.21. The molecule has 1 aromatic heterocycles. The van der Waals surface area contributed by atoms with Gasteiger partial charge in [-0.25, -0.2) is 4.68 Å². The van der Waals surface area contributed by atoms with Crippen LogP contribution in [-0.4, -0.2) is 40.8 Å². The van der Waals surface area contributed by atoms with E-state index in [1.807, 2.05) is 57.0 Å². The van der Waals surface area contributed by atoms with Gasteiger partial charge < -0.3 is 10.1 Å². The lowest BCUT2D eigenvalue weighted by Crippen LogP contribution is -2.39. The van der Waals surface area contributed by atoms with Gasteiger partial charge in [0.05, 0.1) is 19.3 Å². The van der Waals surface area contributed by atoms with Crippen molar-refractivity contribution >= 4 is 27.7 Å². The lowest BCUT2D eigenvalue weighted by atomic mass is 10.1. The average molecular weight is 409 g/mol. The smallest absolute Gasteiger partial charge is 0.242 e. The number of ether oxygens (including phenoxy) is 1. The minimum absolute atomic E-state index is 0.0705. The van der Waals surface area contributed by atoms with Crippen molar-refractivity contribution in [1.29, 1.82) is 0 Å². The number of rotatable bonds is 7. The lowest BCUT2D eigenvalue weighted by molar-refractivity contribution is -0.120. The number of nitrogens with zero attached hydrogens (tertiary/aromatic N) is 3. The Morgan fingerprint density at radius 2 is 2.08 bits per heavy atom. The van der Waals surface area contributed by atoms with Gasteiger partial charge in [0.15, 0.2) is 0 Å². The number of methoxy groups -OCH3 is 1. The molecule has 0 fully saturated rings. The molecule has 0 aliphatic heterocycles. The first-order chi connectivity index (χ1) is 11.8. The maximum absolute atomic E-state index is 12.6. The Balaban J connectivity index is 2.06. The molecule has 0 radical (unpaired) electrons. The van der Waals surface area contributed by atoms with Gasteiger partial charge in [0.1, 0.15) is 11.6 Å². The topological polar surface area (TPSA) is 59.4 Å². The monoisotopic (exact) mass is 408 g/mol. The third-order valence-corrected chi connectivity index (χ3v) is 4.61. The van der Waals surface area contributed by atoms with Crippen molar-refractivity contribution < 1.29 is 9.53 Å². The first kappa shape index (κ1) is 19.5. The molecule has 0 aliphatic carbocycles. The van der Waals surface area contributed by atoms with Crippen LogP contribution >= 0.6 is 15.9 Å². The van der Waals surface area contributed by atoms with Crippen molar-refractivity contribution in [3.05, 3.63) is 40.5 Å². The molecule has 0 saturated heterocycles. The molecule has 25 heavy (non-hydrogen) atoms. The Hall–Kier alpha value is -1.86. The summed E-state index contributed by atoms with van der Waals surface area (Å²) in [6.45, 7) is 6.53. The summed E-state index contributed by atoms with van der Waals surface area (Å²) in [5.41, 5.74) is 1.02. The van der Waals surface area contributed by atoms with E-state index >= 15 is 0 Å². The van der Waals surface area contributed by atoms with E-state index in [0.29, 0.717) is 12.4 Å². The number of hydrogen-bond acceptors (Lipinski definition) is 4. The normalized spacial score (nSPS) is 12.5. The molecule has 1 amide bonds. The zero-order valence-electron chi connectivity index (χ0n) is 15.3. The molecule has 0 aliphatic rings. The molecule has 1 N–H and O–H groups in total. The summed E-state index contributed by atoms with van der Waals surface area (Å²) >= 11 is 3.48. The third kappa shape index (κ3) is 4.83. The Kier molecular flexibility index (Phi) is 6.61. The van der Waals surface area contributed by atoms with Gasteiger partial charge in [0.25, 0.3) is 0 Å². The molecule has 2 aromatic rings. The predicted molar refractivity (Wildman–Crippen MR) is 103 cm³/mol. The fraction of sp³-hybridized carbons (Fsp3) is 0.444. The lowest BCUT2D eigenvalue weighted by Gasteiger charge is -2.25. The molecule has 0 saturated carbocycles. The highest BCUT2D eigenvalue weighted by atomic mass is 79.9. The van der Waals surface area contributed by atoms with Gasteiger partial charge in [-0.3, -0.25) is 9.69 Å². The van der Waals surface area contributed by atoms with Crippen molar-refractivity contribution in [2.75, 3.05) is 19.5 Å². The van der Waals surface area contributed by atoms with Crippen LogP contribution in [0.2, 0.25) is 0 Å². The van der Waals surface area contributed by atoms with Crippen LogP contribution in [0.5, 0.6) is 5.75 Å². The Labute approximate surface area is 157 Å². The standard InChI is InChI=1S/C18H25BrN4O2/c1-12(2)23-17(8-9-20-23)21-18(24)13(3)22(4)11-14-10-15(19)6-7-16(14)25-5/h6-10,12-13H,11H2,1-5H3,(H,21,24). The van der Waals surface area contributed by atoms with E-state index in [2.05, 4.69) is 26.3 Å². The van der Waals surface area contributed by atoms with E-state index in [1.54, 1.807) is 18.0 Å². The summed E-state index contributed by atoms with van der Waals surface area (Å²) in [4.78, 5) is 14.6.